The molecule has 0 heterocycles. The number of halogens is 2. The molecule has 122 valence electrons. The van der Waals surface area contributed by atoms with Crippen LogP contribution in [0.3, 0.4) is 0 Å². The zero-order valence-corrected chi connectivity index (χ0v) is 12.4. The van der Waals surface area contributed by atoms with E-state index < -0.39 is 23.4 Å². The zero-order chi connectivity index (χ0) is 16.1. The Morgan fingerprint density at radius 2 is 1.95 bits per heavy atom. The van der Waals surface area contributed by atoms with Crippen molar-refractivity contribution in [1.82, 2.24) is 5.32 Å². The summed E-state index contributed by atoms with van der Waals surface area (Å²) in [5, 5.41) is 14.5. The van der Waals surface area contributed by atoms with Crippen LogP contribution in [0.15, 0.2) is 12.1 Å². The van der Waals surface area contributed by atoms with Crippen molar-refractivity contribution in [2.24, 2.45) is 5.92 Å². The van der Waals surface area contributed by atoms with E-state index in [0.717, 1.165) is 37.8 Å². The molecule has 2 rings (SSSR count). The number of amides is 2. The summed E-state index contributed by atoms with van der Waals surface area (Å²) in [6, 6.07) is 1.30. The van der Waals surface area contributed by atoms with E-state index in [0.29, 0.717) is 0 Å². The lowest BCUT2D eigenvalue weighted by molar-refractivity contribution is 0.156. The van der Waals surface area contributed by atoms with Crippen molar-refractivity contribution in [3.05, 3.63) is 23.8 Å². The molecule has 0 aliphatic heterocycles. The monoisotopic (exact) mass is 314 g/mol. The number of hydrogen-bond acceptors (Lipinski definition) is 3. The molecule has 22 heavy (non-hydrogen) atoms. The highest BCUT2D eigenvalue weighted by Crippen LogP contribution is 2.26. The second-order valence-corrected chi connectivity index (χ2v) is 5.41. The van der Waals surface area contributed by atoms with Gasteiger partial charge in [-0.2, -0.15) is 0 Å². The number of methoxy groups -OCH3 is 1. The summed E-state index contributed by atoms with van der Waals surface area (Å²) >= 11 is 0. The number of rotatable bonds is 4. The van der Waals surface area contributed by atoms with Crippen LogP contribution in [0.2, 0.25) is 0 Å². The Labute approximate surface area is 127 Å². The SMILES string of the molecule is COc1c(F)cc(NC(=O)NC2CCCCC2CO)cc1F. The standard InChI is InChI=1S/C15H20F2N2O3/c1-22-14-11(16)6-10(7-12(14)17)18-15(21)19-13-5-3-2-4-9(13)8-20/h6-7,9,13,20H,2-5,8H2,1H3,(H2,18,19,21). The average molecular weight is 314 g/mol. The third kappa shape index (κ3) is 3.85. The van der Waals surface area contributed by atoms with Crippen LogP contribution in [-0.2, 0) is 0 Å². The Hall–Kier alpha value is -1.89. The summed E-state index contributed by atoms with van der Waals surface area (Å²) in [4.78, 5) is 11.9. The van der Waals surface area contributed by atoms with Crippen molar-refractivity contribution < 1.29 is 23.4 Å². The van der Waals surface area contributed by atoms with Crippen molar-refractivity contribution in [1.29, 1.82) is 0 Å². The second kappa shape index (κ2) is 7.40. The van der Waals surface area contributed by atoms with Crippen LogP contribution >= 0.6 is 0 Å². The summed E-state index contributed by atoms with van der Waals surface area (Å²) in [6.07, 6.45) is 3.64. The number of anilines is 1. The maximum atomic E-state index is 13.6. The van der Waals surface area contributed by atoms with Gasteiger partial charge in [0.2, 0.25) is 0 Å². The van der Waals surface area contributed by atoms with Crippen LogP contribution in [0.5, 0.6) is 5.75 Å². The number of benzene rings is 1. The lowest BCUT2D eigenvalue weighted by Gasteiger charge is -2.30. The molecular formula is C15H20F2N2O3. The molecule has 2 amide bonds. The summed E-state index contributed by atoms with van der Waals surface area (Å²) in [6.45, 7) is 0.0107. The minimum absolute atomic E-state index is 0.00431. The van der Waals surface area contributed by atoms with Crippen LogP contribution < -0.4 is 15.4 Å². The molecule has 0 aromatic heterocycles. The minimum Gasteiger partial charge on any atom is -0.491 e. The Morgan fingerprint density at radius 3 is 2.55 bits per heavy atom. The van der Waals surface area contributed by atoms with E-state index in [4.69, 9.17) is 0 Å². The number of urea groups is 1. The number of carbonyl (C=O) groups excluding carboxylic acids is 1. The van der Waals surface area contributed by atoms with Gasteiger partial charge < -0.3 is 20.5 Å². The van der Waals surface area contributed by atoms with Gasteiger partial charge in [0.1, 0.15) is 0 Å². The van der Waals surface area contributed by atoms with E-state index in [9.17, 15) is 18.7 Å². The van der Waals surface area contributed by atoms with E-state index in [1.165, 1.54) is 7.11 Å². The molecular weight excluding hydrogens is 294 g/mol. The minimum atomic E-state index is -0.885. The first-order chi connectivity index (χ1) is 10.5. The Balaban J connectivity index is 2.00. The van der Waals surface area contributed by atoms with Gasteiger partial charge in [-0.3, -0.25) is 0 Å². The summed E-state index contributed by atoms with van der Waals surface area (Å²) in [5.74, 6) is -2.24. The molecule has 3 N–H and O–H groups in total. The van der Waals surface area contributed by atoms with Crippen LogP contribution in [0, 0.1) is 17.6 Å². The number of ether oxygens (including phenoxy) is 1. The highest BCUT2D eigenvalue weighted by molar-refractivity contribution is 5.89. The number of hydrogen-bond donors (Lipinski definition) is 3. The number of carbonyl (C=O) groups is 1. The molecule has 0 saturated heterocycles. The smallest absolute Gasteiger partial charge is 0.319 e. The summed E-state index contributed by atoms with van der Waals surface area (Å²) in [7, 11) is 1.17. The quantitative estimate of drug-likeness (QED) is 0.800. The highest BCUT2D eigenvalue weighted by Gasteiger charge is 2.26. The maximum Gasteiger partial charge on any atom is 0.319 e. The van der Waals surface area contributed by atoms with Crippen molar-refractivity contribution in [3.8, 4) is 5.75 Å². The van der Waals surface area contributed by atoms with E-state index in [1.807, 2.05) is 0 Å². The second-order valence-electron chi connectivity index (χ2n) is 5.41. The van der Waals surface area contributed by atoms with E-state index >= 15 is 0 Å². The predicted molar refractivity (Wildman–Crippen MR) is 77.9 cm³/mol. The molecule has 0 bridgehead atoms. The predicted octanol–water partition coefficient (Wildman–Crippen LogP) is 2.65. The molecule has 5 nitrogen and oxygen atoms in total. The van der Waals surface area contributed by atoms with Gasteiger partial charge in [-0.05, 0) is 12.8 Å². The van der Waals surface area contributed by atoms with Crippen LogP contribution in [0.25, 0.3) is 0 Å². The van der Waals surface area contributed by atoms with E-state index in [-0.39, 0.29) is 24.3 Å². The van der Waals surface area contributed by atoms with Gasteiger partial charge in [-0.15, -0.1) is 0 Å². The maximum absolute atomic E-state index is 13.6. The summed E-state index contributed by atoms with van der Waals surface area (Å²) < 4.78 is 31.7. The topological polar surface area (TPSA) is 70.6 Å². The number of aliphatic hydroxyl groups is 1. The van der Waals surface area contributed by atoms with Gasteiger partial charge >= 0.3 is 6.03 Å². The van der Waals surface area contributed by atoms with Gasteiger partial charge in [0.05, 0.1) is 7.11 Å². The first kappa shape index (κ1) is 16.5. The third-order valence-electron chi connectivity index (χ3n) is 3.92. The normalized spacial score (nSPS) is 21.3. The molecule has 1 aliphatic rings. The fraction of sp³-hybridized carbons (Fsp3) is 0.533. The molecule has 2 atom stereocenters. The molecule has 7 heteroatoms. The Kier molecular flexibility index (Phi) is 5.54. The van der Waals surface area contributed by atoms with Gasteiger partial charge in [-0.1, -0.05) is 12.8 Å². The molecule has 1 saturated carbocycles. The van der Waals surface area contributed by atoms with Crippen LogP contribution in [-0.4, -0.2) is 30.9 Å². The summed E-state index contributed by atoms with van der Waals surface area (Å²) in [5.41, 5.74) is 0.00431. The Bertz CT molecular complexity index is 517. The fourth-order valence-corrected chi connectivity index (χ4v) is 2.78. The third-order valence-corrected chi connectivity index (χ3v) is 3.92. The van der Waals surface area contributed by atoms with Crippen LogP contribution in [0.4, 0.5) is 19.3 Å². The van der Waals surface area contributed by atoms with Gasteiger partial charge in [0, 0.05) is 36.4 Å². The molecule has 1 aromatic carbocycles. The Morgan fingerprint density at radius 1 is 1.32 bits per heavy atom. The molecule has 1 aliphatic carbocycles. The number of nitrogens with one attached hydrogen (secondary N) is 2. The average Bonchev–Trinajstić information content (AvgIpc) is 2.47. The van der Waals surface area contributed by atoms with E-state index in [2.05, 4.69) is 15.4 Å². The van der Waals surface area contributed by atoms with Crippen molar-refractivity contribution in [2.45, 2.75) is 31.7 Å². The molecule has 0 spiro atoms. The lowest BCUT2D eigenvalue weighted by Crippen LogP contribution is -2.45. The fourth-order valence-electron chi connectivity index (χ4n) is 2.78. The van der Waals surface area contributed by atoms with Crippen LogP contribution in [0.1, 0.15) is 25.7 Å². The first-order valence-electron chi connectivity index (χ1n) is 7.26. The molecule has 1 fully saturated rings. The van der Waals surface area contributed by atoms with Crippen molar-refractivity contribution in [3.63, 3.8) is 0 Å². The number of aliphatic hydroxyl groups excluding tert-OH is 1. The molecule has 2 unspecified atom stereocenters. The molecule has 1 aromatic rings. The largest absolute Gasteiger partial charge is 0.491 e. The van der Waals surface area contributed by atoms with Gasteiger partial charge in [0.25, 0.3) is 0 Å². The zero-order valence-electron chi connectivity index (χ0n) is 12.4. The highest BCUT2D eigenvalue weighted by atomic mass is 19.1. The molecule has 0 radical (unpaired) electrons. The van der Waals surface area contributed by atoms with E-state index in [1.54, 1.807) is 0 Å². The first-order valence-corrected chi connectivity index (χ1v) is 7.26. The van der Waals surface area contributed by atoms with Gasteiger partial charge in [0.15, 0.2) is 17.4 Å². The van der Waals surface area contributed by atoms with Crippen molar-refractivity contribution >= 4 is 11.7 Å². The van der Waals surface area contributed by atoms with Crippen molar-refractivity contribution in [2.75, 3.05) is 19.0 Å². The lowest BCUT2D eigenvalue weighted by atomic mass is 9.85. The van der Waals surface area contributed by atoms with Gasteiger partial charge in [-0.25, -0.2) is 13.6 Å².